The van der Waals surface area contributed by atoms with Gasteiger partial charge < -0.3 is 19.1 Å². The molecule has 1 fully saturated rings. The van der Waals surface area contributed by atoms with Crippen molar-refractivity contribution in [2.24, 2.45) is 5.41 Å². The Labute approximate surface area is 301 Å². The molecule has 0 unspecified atom stereocenters. The summed E-state index contributed by atoms with van der Waals surface area (Å²) in [5.41, 5.74) is -0.910. The third-order valence-electron chi connectivity index (χ3n) is 11.5. The molecule has 1 N–H and O–H groups in total. The smallest absolute Gasteiger partial charge is 0.316 e. The van der Waals surface area contributed by atoms with Crippen molar-refractivity contribution in [3.63, 3.8) is 0 Å². The molecule has 0 aromatic heterocycles. The summed E-state index contributed by atoms with van der Waals surface area (Å²) in [6.07, 6.45) is 30.1. The highest BCUT2D eigenvalue weighted by Gasteiger charge is 2.62. The van der Waals surface area contributed by atoms with E-state index in [9.17, 15) is 14.7 Å². The number of ether oxygens (including phenoxy) is 1. The van der Waals surface area contributed by atoms with Crippen LogP contribution in [0.2, 0.25) is 18.1 Å². The normalized spacial score (nSPS) is 20.8. The second kappa shape index (κ2) is 26.1. The van der Waals surface area contributed by atoms with Crippen molar-refractivity contribution in [2.45, 2.75) is 252 Å². The number of cyclic esters (lactones) is 1. The second-order valence-electron chi connectivity index (χ2n) is 17.1. The van der Waals surface area contributed by atoms with Crippen LogP contribution in [0.3, 0.4) is 0 Å². The molecule has 0 aromatic carbocycles. The molecular weight excluding hydrogens is 613 g/mol. The average Bonchev–Trinajstić information content (AvgIpc) is 3.01. The van der Waals surface area contributed by atoms with Gasteiger partial charge in [-0.3, -0.25) is 4.79 Å². The van der Waals surface area contributed by atoms with Gasteiger partial charge in [-0.05, 0) is 51.2 Å². The van der Waals surface area contributed by atoms with Crippen LogP contribution in [0.15, 0.2) is 0 Å². The van der Waals surface area contributed by atoms with Crippen LogP contribution >= 0.6 is 0 Å². The first kappa shape index (κ1) is 47.3. The number of esters is 1. The predicted molar refractivity (Wildman–Crippen MR) is 209 cm³/mol. The minimum Gasteiger partial charge on any atom is -0.458 e. The Balaban J connectivity index is 0.000000952. The van der Waals surface area contributed by atoms with Gasteiger partial charge in [-0.15, -0.1) is 0 Å². The van der Waals surface area contributed by atoms with Crippen LogP contribution in [0.5, 0.6) is 0 Å². The number of carbonyl (C=O) groups is 2. The Kier molecular flexibility index (Phi) is 25.7. The maximum atomic E-state index is 12.2. The van der Waals surface area contributed by atoms with E-state index in [-0.39, 0.29) is 23.2 Å². The van der Waals surface area contributed by atoms with Gasteiger partial charge in [0.2, 0.25) is 0 Å². The first-order chi connectivity index (χ1) is 22.6. The van der Waals surface area contributed by atoms with Gasteiger partial charge in [0.1, 0.15) is 17.3 Å². The van der Waals surface area contributed by atoms with E-state index < -0.39 is 19.3 Å². The van der Waals surface area contributed by atoms with Crippen molar-refractivity contribution in [1.29, 1.82) is 0 Å². The molecule has 1 aliphatic heterocycles. The monoisotopic (exact) mass is 697 g/mol. The molecule has 0 amide bonds. The van der Waals surface area contributed by atoms with Crippen LogP contribution in [0, 0.1) is 5.41 Å². The van der Waals surface area contributed by atoms with Gasteiger partial charge >= 0.3 is 5.97 Å². The molecule has 5 nitrogen and oxygen atoms in total. The SMILES string of the molecule is CCCCCCCCC[C@@H](CC=O)O[Si](C)(C)C(C)(C)C.CCCCCCCCC[C@@H](O)C[C@]1(C)OC(=O)[C@@]1(C)CCCCCCCC. The van der Waals surface area contributed by atoms with Crippen LogP contribution in [-0.2, 0) is 18.8 Å². The number of unbranched alkanes of at least 4 members (excludes halogenated alkanes) is 17. The van der Waals surface area contributed by atoms with Gasteiger partial charge in [0.15, 0.2) is 8.32 Å². The van der Waals surface area contributed by atoms with Crippen LogP contribution in [0.4, 0.5) is 0 Å². The molecule has 0 saturated carbocycles. The van der Waals surface area contributed by atoms with E-state index in [0.717, 1.165) is 38.4 Å². The van der Waals surface area contributed by atoms with Crippen LogP contribution in [0.1, 0.15) is 216 Å². The quantitative estimate of drug-likeness (QED) is 0.0365. The molecule has 1 aliphatic rings. The van der Waals surface area contributed by atoms with Crippen LogP contribution in [-0.4, -0.2) is 43.5 Å². The molecule has 0 bridgehead atoms. The number of hydrogen-bond acceptors (Lipinski definition) is 5. The summed E-state index contributed by atoms with van der Waals surface area (Å²) in [6, 6.07) is 0. The summed E-state index contributed by atoms with van der Waals surface area (Å²) in [5.74, 6) is -0.0679. The van der Waals surface area contributed by atoms with E-state index in [4.69, 9.17) is 9.16 Å². The zero-order valence-electron chi connectivity index (χ0n) is 34.0. The Bertz CT molecular complexity index is 808. The average molecular weight is 697 g/mol. The van der Waals surface area contributed by atoms with E-state index in [1.807, 2.05) is 13.8 Å². The summed E-state index contributed by atoms with van der Waals surface area (Å²) < 4.78 is 12.0. The fourth-order valence-corrected chi connectivity index (χ4v) is 8.04. The maximum absolute atomic E-state index is 12.2. The fourth-order valence-electron chi connectivity index (χ4n) is 6.64. The first-order valence-electron chi connectivity index (χ1n) is 20.7. The van der Waals surface area contributed by atoms with Crippen molar-refractivity contribution in [3.8, 4) is 0 Å². The highest BCUT2D eigenvalue weighted by molar-refractivity contribution is 6.74. The Morgan fingerprint density at radius 1 is 0.729 bits per heavy atom. The van der Waals surface area contributed by atoms with Gasteiger partial charge in [0.25, 0.3) is 0 Å². The number of carbonyl (C=O) groups excluding carboxylic acids is 2. The summed E-state index contributed by atoms with van der Waals surface area (Å²) in [5, 5.41) is 10.7. The number of aliphatic hydroxyl groups excluding tert-OH is 1. The molecule has 48 heavy (non-hydrogen) atoms. The van der Waals surface area contributed by atoms with Gasteiger partial charge in [-0.25, -0.2) is 0 Å². The van der Waals surface area contributed by atoms with E-state index in [0.29, 0.717) is 12.8 Å². The topological polar surface area (TPSA) is 72.8 Å². The standard InChI is InChI=1S/C24H46O3.C18H38O2Si/c1-5-7-9-11-13-14-16-18-21(25)20-24(4)23(3,22(26)27-24)19-17-15-12-10-8-6-2;1-7-8-9-10-11-12-13-14-17(15-16-19)20-21(5,6)18(2,3)4/h21,25H,5-20H2,1-4H3;16-17H,7-15H2,1-6H3/t21-,23-,24+;17-/m10/s1. The lowest BCUT2D eigenvalue weighted by atomic mass is 9.64. The molecule has 1 rings (SSSR count). The third kappa shape index (κ3) is 19.0. The number of aldehydes is 1. The molecule has 1 heterocycles. The van der Waals surface area contributed by atoms with Gasteiger partial charge in [-0.2, -0.15) is 0 Å². The Morgan fingerprint density at radius 2 is 1.15 bits per heavy atom. The molecule has 1 saturated heterocycles. The number of hydrogen-bond donors (Lipinski definition) is 1. The molecule has 0 spiro atoms. The number of rotatable bonds is 29. The van der Waals surface area contributed by atoms with Crippen LogP contribution in [0.25, 0.3) is 0 Å². The summed E-state index contributed by atoms with van der Waals surface area (Å²) >= 11 is 0. The van der Waals surface area contributed by atoms with E-state index in [1.54, 1.807) is 0 Å². The third-order valence-corrected chi connectivity index (χ3v) is 16.0. The van der Waals surface area contributed by atoms with Gasteiger partial charge in [0, 0.05) is 12.8 Å². The highest BCUT2D eigenvalue weighted by Crippen LogP contribution is 2.52. The van der Waals surface area contributed by atoms with E-state index in [2.05, 4.69) is 54.6 Å². The highest BCUT2D eigenvalue weighted by atomic mass is 28.4. The van der Waals surface area contributed by atoms with Crippen LogP contribution < -0.4 is 0 Å². The fraction of sp³-hybridized carbons (Fsp3) is 0.952. The molecule has 0 aromatic rings. The maximum Gasteiger partial charge on any atom is 0.316 e. The summed E-state index contributed by atoms with van der Waals surface area (Å²) in [7, 11) is -1.75. The minimum atomic E-state index is -1.75. The molecule has 0 aliphatic carbocycles. The van der Waals surface area contributed by atoms with Crippen molar-refractivity contribution < 1.29 is 23.9 Å². The predicted octanol–water partition coefficient (Wildman–Crippen LogP) is 13.1. The van der Waals surface area contributed by atoms with Crippen molar-refractivity contribution in [2.75, 3.05) is 0 Å². The lowest BCUT2D eigenvalue weighted by molar-refractivity contribution is -0.243. The first-order valence-corrected chi connectivity index (χ1v) is 23.6. The Hall–Kier alpha value is -0.723. The van der Waals surface area contributed by atoms with Crippen molar-refractivity contribution >= 4 is 20.6 Å². The minimum absolute atomic E-state index is 0.0679. The van der Waals surface area contributed by atoms with E-state index >= 15 is 0 Å². The van der Waals surface area contributed by atoms with Gasteiger partial charge in [-0.1, -0.05) is 170 Å². The molecule has 6 heteroatoms. The van der Waals surface area contributed by atoms with Crippen molar-refractivity contribution in [1.82, 2.24) is 0 Å². The molecule has 4 atom stereocenters. The summed E-state index contributed by atoms with van der Waals surface area (Å²) in [4.78, 5) is 23.1. The van der Waals surface area contributed by atoms with Gasteiger partial charge in [0.05, 0.1) is 12.2 Å². The second-order valence-corrected chi connectivity index (χ2v) is 21.8. The lowest BCUT2D eigenvalue weighted by Crippen LogP contribution is -2.64. The van der Waals surface area contributed by atoms with Crippen molar-refractivity contribution in [3.05, 3.63) is 0 Å². The number of aliphatic hydroxyl groups is 1. The summed E-state index contributed by atoms with van der Waals surface area (Å²) in [6.45, 7) is 22.1. The molecular formula is C42H84O5Si. The molecule has 0 radical (unpaired) electrons. The lowest BCUT2D eigenvalue weighted by Gasteiger charge is -2.54. The zero-order chi connectivity index (χ0) is 36.5. The Morgan fingerprint density at radius 3 is 1.56 bits per heavy atom. The molecule has 286 valence electrons. The van der Waals surface area contributed by atoms with E-state index in [1.165, 1.54) is 116 Å². The largest absolute Gasteiger partial charge is 0.458 e. The zero-order valence-corrected chi connectivity index (χ0v) is 35.0.